The van der Waals surface area contributed by atoms with E-state index in [1.807, 2.05) is 49.0 Å². The van der Waals surface area contributed by atoms with Gasteiger partial charge in [-0.1, -0.05) is 30.3 Å². The first-order valence-corrected chi connectivity index (χ1v) is 11.1. The molecule has 1 atom stereocenters. The van der Waals surface area contributed by atoms with Gasteiger partial charge in [0.15, 0.2) is 0 Å². The van der Waals surface area contributed by atoms with Crippen molar-refractivity contribution in [2.75, 3.05) is 6.61 Å². The number of amides is 1. The molecule has 1 fully saturated rings. The first-order chi connectivity index (χ1) is 16.5. The molecule has 7 heteroatoms. The maximum atomic E-state index is 13.3. The number of benzene rings is 2. The number of Topliss-reactive ketones (excluding diaryl/α,β-unsaturated/α-hetero) is 1. The van der Waals surface area contributed by atoms with Gasteiger partial charge in [-0.3, -0.25) is 9.59 Å². The average molecular weight is 456 g/mol. The number of hydrogen-bond donors (Lipinski definition) is 1. The number of aromatic nitrogens is 1. The fourth-order valence-electron chi connectivity index (χ4n) is 4.58. The molecule has 1 aliphatic heterocycles. The minimum Gasteiger partial charge on any atom is -0.507 e. The standard InChI is InChI=1S/C27H24N2O5/c1-3-33-18-9-6-8-17(14-18)25(30)23-24(21-16-28(2)22-12-5-4-11-20(21)22)29(27(32)26(23)31)15-19-10-7-13-34-19/h4-14,16,24,30H,3,15H2,1-2H3/b25-23+. The summed E-state index contributed by atoms with van der Waals surface area (Å²) in [4.78, 5) is 28.0. The fraction of sp³-hybridized carbons (Fsp3) is 0.185. The van der Waals surface area contributed by atoms with Crippen LogP contribution < -0.4 is 4.74 Å². The van der Waals surface area contributed by atoms with Crippen molar-refractivity contribution in [1.29, 1.82) is 0 Å². The van der Waals surface area contributed by atoms with Crippen molar-refractivity contribution < 1.29 is 23.8 Å². The molecule has 5 rings (SSSR count). The summed E-state index contributed by atoms with van der Waals surface area (Å²) in [7, 11) is 1.91. The molecule has 2 aromatic heterocycles. The molecule has 0 radical (unpaired) electrons. The topological polar surface area (TPSA) is 84.9 Å². The number of aryl methyl sites for hydroxylation is 1. The number of fused-ring (bicyclic) bond motifs is 1. The monoisotopic (exact) mass is 456 g/mol. The Morgan fingerprint density at radius 1 is 1.09 bits per heavy atom. The molecule has 4 aromatic rings. The smallest absolute Gasteiger partial charge is 0.296 e. The number of ketones is 1. The largest absolute Gasteiger partial charge is 0.507 e. The van der Waals surface area contributed by atoms with Gasteiger partial charge in [-0.15, -0.1) is 0 Å². The molecule has 7 nitrogen and oxygen atoms in total. The molecule has 1 unspecified atom stereocenters. The third-order valence-corrected chi connectivity index (χ3v) is 6.09. The Balaban J connectivity index is 1.72. The van der Waals surface area contributed by atoms with Gasteiger partial charge >= 0.3 is 0 Å². The number of para-hydroxylation sites is 1. The molecule has 0 aliphatic carbocycles. The number of nitrogens with zero attached hydrogens (tertiary/aromatic N) is 2. The van der Waals surface area contributed by atoms with Gasteiger partial charge < -0.3 is 23.7 Å². The quantitative estimate of drug-likeness (QED) is 0.256. The van der Waals surface area contributed by atoms with E-state index in [9.17, 15) is 14.7 Å². The maximum absolute atomic E-state index is 13.3. The van der Waals surface area contributed by atoms with Crippen molar-refractivity contribution in [3.05, 3.63) is 95.6 Å². The van der Waals surface area contributed by atoms with Crippen molar-refractivity contribution in [3.63, 3.8) is 0 Å². The van der Waals surface area contributed by atoms with Crippen molar-refractivity contribution in [1.82, 2.24) is 9.47 Å². The van der Waals surface area contributed by atoms with Crippen LogP contribution in [0, 0.1) is 0 Å². The lowest BCUT2D eigenvalue weighted by Gasteiger charge is -2.24. The summed E-state index contributed by atoms with van der Waals surface area (Å²) < 4.78 is 13.0. The van der Waals surface area contributed by atoms with E-state index in [2.05, 4.69) is 0 Å². The van der Waals surface area contributed by atoms with Crippen molar-refractivity contribution >= 4 is 28.4 Å². The first-order valence-electron chi connectivity index (χ1n) is 11.1. The molecule has 0 spiro atoms. The highest BCUT2D eigenvalue weighted by Gasteiger charge is 2.47. The van der Waals surface area contributed by atoms with E-state index >= 15 is 0 Å². The summed E-state index contributed by atoms with van der Waals surface area (Å²) >= 11 is 0. The number of aliphatic hydroxyl groups is 1. The van der Waals surface area contributed by atoms with Gasteiger partial charge in [0, 0.05) is 35.3 Å². The predicted molar refractivity (Wildman–Crippen MR) is 127 cm³/mol. The van der Waals surface area contributed by atoms with E-state index in [0.717, 1.165) is 16.5 Å². The molecular formula is C27H24N2O5. The highest BCUT2D eigenvalue weighted by atomic mass is 16.5. The zero-order valence-corrected chi connectivity index (χ0v) is 18.9. The van der Waals surface area contributed by atoms with Gasteiger partial charge in [-0.2, -0.15) is 0 Å². The predicted octanol–water partition coefficient (Wildman–Crippen LogP) is 4.79. The van der Waals surface area contributed by atoms with Gasteiger partial charge in [0.2, 0.25) is 0 Å². The van der Waals surface area contributed by atoms with Gasteiger partial charge in [-0.25, -0.2) is 0 Å². The molecule has 2 aromatic carbocycles. The van der Waals surface area contributed by atoms with E-state index < -0.39 is 17.7 Å². The summed E-state index contributed by atoms with van der Waals surface area (Å²) in [5.41, 5.74) is 2.17. The zero-order chi connectivity index (χ0) is 23.8. The Morgan fingerprint density at radius 3 is 2.68 bits per heavy atom. The number of carbonyl (C=O) groups excluding carboxylic acids is 2. The van der Waals surface area contributed by atoms with Crippen molar-refractivity contribution in [2.45, 2.75) is 19.5 Å². The lowest BCUT2D eigenvalue weighted by molar-refractivity contribution is -0.140. The van der Waals surface area contributed by atoms with E-state index in [1.165, 1.54) is 11.2 Å². The molecule has 172 valence electrons. The van der Waals surface area contributed by atoms with E-state index in [-0.39, 0.29) is 17.9 Å². The Labute approximate surface area is 196 Å². The van der Waals surface area contributed by atoms with Crippen molar-refractivity contribution in [2.24, 2.45) is 7.05 Å². The van der Waals surface area contributed by atoms with Crippen LogP contribution >= 0.6 is 0 Å². The number of ether oxygens (including phenoxy) is 1. The highest BCUT2D eigenvalue weighted by molar-refractivity contribution is 6.46. The second-order valence-electron chi connectivity index (χ2n) is 8.18. The van der Waals surface area contributed by atoms with E-state index in [1.54, 1.807) is 36.4 Å². The van der Waals surface area contributed by atoms with Crippen LogP contribution in [0.3, 0.4) is 0 Å². The Morgan fingerprint density at radius 2 is 1.91 bits per heavy atom. The molecule has 3 heterocycles. The van der Waals surface area contributed by atoms with Crippen LogP contribution in [0.25, 0.3) is 16.7 Å². The molecule has 1 aliphatic rings. The molecule has 0 bridgehead atoms. The van der Waals surface area contributed by atoms with Crippen LogP contribution in [0.4, 0.5) is 0 Å². The Hall–Kier alpha value is -4.26. The normalized spacial score (nSPS) is 17.6. The minimum absolute atomic E-state index is 0.0431. The number of aliphatic hydroxyl groups excluding tert-OH is 1. The van der Waals surface area contributed by atoms with Gasteiger partial charge in [0.25, 0.3) is 11.7 Å². The summed E-state index contributed by atoms with van der Waals surface area (Å²) in [6.07, 6.45) is 3.43. The first kappa shape index (κ1) is 21.6. The molecule has 0 saturated carbocycles. The van der Waals surface area contributed by atoms with Crippen LogP contribution in [0.2, 0.25) is 0 Å². The van der Waals surface area contributed by atoms with Crippen LogP contribution in [0.1, 0.15) is 29.9 Å². The number of furan rings is 1. The fourth-order valence-corrected chi connectivity index (χ4v) is 4.58. The summed E-state index contributed by atoms with van der Waals surface area (Å²) in [5, 5.41) is 12.2. The highest BCUT2D eigenvalue weighted by Crippen LogP contribution is 2.43. The number of rotatable bonds is 6. The number of likely N-dealkylation sites (tertiary alicyclic amines) is 1. The zero-order valence-electron chi connectivity index (χ0n) is 18.9. The van der Waals surface area contributed by atoms with Crippen LogP contribution in [-0.2, 0) is 23.2 Å². The second kappa shape index (κ2) is 8.59. The Bertz CT molecular complexity index is 1410. The SMILES string of the molecule is CCOc1cccc(/C(O)=C2\C(=O)C(=O)N(Cc3ccco3)C2c2cn(C)c3ccccc23)c1. The van der Waals surface area contributed by atoms with Gasteiger partial charge in [0.05, 0.1) is 31.0 Å². The number of hydrogen-bond acceptors (Lipinski definition) is 5. The minimum atomic E-state index is -0.785. The van der Waals surface area contributed by atoms with Crippen molar-refractivity contribution in [3.8, 4) is 5.75 Å². The summed E-state index contributed by atoms with van der Waals surface area (Å²) in [6, 6.07) is 17.4. The maximum Gasteiger partial charge on any atom is 0.296 e. The van der Waals surface area contributed by atoms with E-state index in [0.29, 0.717) is 23.7 Å². The summed E-state index contributed by atoms with van der Waals surface area (Å²) in [6.45, 7) is 2.43. The lowest BCUT2D eigenvalue weighted by Crippen LogP contribution is -2.29. The Kier molecular flexibility index (Phi) is 5.45. The third-order valence-electron chi connectivity index (χ3n) is 6.09. The summed E-state index contributed by atoms with van der Waals surface area (Å²) in [5.74, 6) is -0.538. The third kappa shape index (κ3) is 3.55. The number of carbonyl (C=O) groups is 2. The molecular weight excluding hydrogens is 432 g/mol. The van der Waals surface area contributed by atoms with E-state index in [4.69, 9.17) is 9.15 Å². The second-order valence-corrected chi connectivity index (χ2v) is 8.18. The molecule has 1 saturated heterocycles. The molecule has 34 heavy (non-hydrogen) atoms. The molecule has 1 N–H and O–H groups in total. The molecule has 1 amide bonds. The lowest BCUT2D eigenvalue weighted by atomic mass is 9.95. The van der Waals surface area contributed by atoms with Gasteiger partial charge in [0.1, 0.15) is 17.3 Å². The van der Waals surface area contributed by atoms with Crippen LogP contribution in [0.5, 0.6) is 5.75 Å². The van der Waals surface area contributed by atoms with Crippen LogP contribution in [0.15, 0.2) is 83.1 Å². The average Bonchev–Trinajstić information content (AvgIpc) is 3.54. The van der Waals surface area contributed by atoms with Gasteiger partial charge in [-0.05, 0) is 37.3 Å². The van der Waals surface area contributed by atoms with Crippen LogP contribution in [-0.4, -0.2) is 32.9 Å².